The second-order valence-corrected chi connectivity index (χ2v) is 7.25. The van der Waals surface area contributed by atoms with Gasteiger partial charge in [-0.25, -0.2) is 8.42 Å². The van der Waals surface area contributed by atoms with Crippen molar-refractivity contribution in [1.29, 1.82) is 0 Å². The van der Waals surface area contributed by atoms with Gasteiger partial charge in [0, 0.05) is 11.9 Å². The number of pyridine rings is 1. The molecule has 2 aromatic rings. The first-order valence-electron chi connectivity index (χ1n) is 7.06. The molecule has 2 rings (SSSR count). The number of hydrogen-bond acceptors (Lipinski definition) is 4. The van der Waals surface area contributed by atoms with Crippen LogP contribution in [0.3, 0.4) is 0 Å². The summed E-state index contributed by atoms with van der Waals surface area (Å²) in [7, 11) is -3.52. The van der Waals surface area contributed by atoms with Crippen molar-refractivity contribution in [2.75, 3.05) is 18.1 Å². The number of rotatable bonds is 6. The van der Waals surface area contributed by atoms with Crippen molar-refractivity contribution in [3.8, 4) is 0 Å². The lowest BCUT2D eigenvalue weighted by Crippen LogP contribution is -2.37. The first kappa shape index (κ1) is 17.1. The molecular formula is C16H19N3O3S. The van der Waals surface area contributed by atoms with E-state index in [1.165, 1.54) is 0 Å². The molecule has 6 nitrogen and oxygen atoms in total. The molecular weight excluding hydrogens is 314 g/mol. The van der Waals surface area contributed by atoms with Gasteiger partial charge in [-0.05, 0) is 31.2 Å². The molecule has 7 heteroatoms. The highest BCUT2D eigenvalue weighted by molar-refractivity contribution is 7.88. The third kappa shape index (κ3) is 5.46. The Morgan fingerprint density at radius 3 is 2.43 bits per heavy atom. The molecule has 0 bridgehead atoms. The lowest BCUT2D eigenvalue weighted by atomic mass is 10.2. The summed E-state index contributed by atoms with van der Waals surface area (Å²) in [5.74, 6) is -0.393. The molecule has 1 aromatic heterocycles. The minimum absolute atomic E-state index is 0.0565. The zero-order valence-electron chi connectivity index (χ0n) is 13.1. The van der Waals surface area contributed by atoms with Gasteiger partial charge in [0.25, 0.3) is 0 Å². The van der Waals surface area contributed by atoms with E-state index in [0.29, 0.717) is 11.4 Å². The number of anilines is 1. The number of nitrogens with one attached hydrogen (secondary N) is 1. The Balaban J connectivity index is 2.05. The molecule has 0 saturated carbocycles. The molecule has 0 saturated heterocycles. The molecule has 0 aliphatic carbocycles. The van der Waals surface area contributed by atoms with Gasteiger partial charge in [0.2, 0.25) is 15.9 Å². The van der Waals surface area contributed by atoms with Crippen LogP contribution >= 0.6 is 0 Å². The van der Waals surface area contributed by atoms with E-state index in [9.17, 15) is 13.2 Å². The van der Waals surface area contributed by atoms with Crippen molar-refractivity contribution in [2.45, 2.75) is 13.5 Å². The number of aryl methyl sites for hydroxylation is 1. The van der Waals surface area contributed by atoms with E-state index in [-0.39, 0.29) is 13.1 Å². The van der Waals surface area contributed by atoms with Gasteiger partial charge in [-0.2, -0.15) is 4.31 Å². The van der Waals surface area contributed by atoms with E-state index < -0.39 is 15.9 Å². The Kier molecular flexibility index (Phi) is 5.46. The smallest absolute Gasteiger partial charge is 0.239 e. The summed E-state index contributed by atoms with van der Waals surface area (Å²) in [4.78, 5) is 16.2. The predicted octanol–water partition coefficient (Wildman–Crippen LogP) is 1.79. The summed E-state index contributed by atoms with van der Waals surface area (Å²) in [6.07, 6.45) is 2.66. The standard InChI is InChI=1S/C16H19N3O3S/c1-13-6-8-14(9-7-13)18-16(20)12-19(23(2,21)22)11-15-5-3-4-10-17-15/h3-10H,11-12H2,1-2H3,(H,18,20). The Hall–Kier alpha value is -2.25. The average molecular weight is 333 g/mol. The SMILES string of the molecule is Cc1ccc(NC(=O)CN(Cc2ccccn2)S(C)(=O)=O)cc1. The number of aromatic nitrogens is 1. The number of sulfonamides is 1. The van der Waals surface area contributed by atoms with E-state index >= 15 is 0 Å². The highest BCUT2D eigenvalue weighted by Crippen LogP contribution is 2.10. The number of benzene rings is 1. The Morgan fingerprint density at radius 1 is 1.17 bits per heavy atom. The van der Waals surface area contributed by atoms with Gasteiger partial charge in [-0.15, -0.1) is 0 Å². The number of nitrogens with zero attached hydrogens (tertiary/aromatic N) is 2. The van der Waals surface area contributed by atoms with Gasteiger partial charge >= 0.3 is 0 Å². The normalized spacial score (nSPS) is 11.4. The molecule has 0 spiro atoms. The molecule has 0 aliphatic rings. The van der Waals surface area contributed by atoms with Crippen molar-refractivity contribution >= 4 is 21.6 Å². The van der Waals surface area contributed by atoms with Crippen molar-refractivity contribution in [3.63, 3.8) is 0 Å². The zero-order chi connectivity index (χ0) is 16.9. The molecule has 1 N–H and O–H groups in total. The third-order valence-electron chi connectivity index (χ3n) is 3.19. The zero-order valence-corrected chi connectivity index (χ0v) is 13.9. The Bertz CT molecular complexity index is 759. The first-order valence-corrected chi connectivity index (χ1v) is 8.91. The second-order valence-electron chi connectivity index (χ2n) is 5.27. The van der Waals surface area contributed by atoms with Crippen LogP contribution in [-0.2, 0) is 21.4 Å². The summed E-state index contributed by atoms with van der Waals surface area (Å²) in [5.41, 5.74) is 2.30. The van der Waals surface area contributed by atoms with Crippen LogP contribution in [0.25, 0.3) is 0 Å². The minimum atomic E-state index is -3.52. The van der Waals surface area contributed by atoms with E-state index in [1.54, 1.807) is 36.5 Å². The van der Waals surface area contributed by atoms with Crippen molar-refractivity contribution in [1.82, 2.24) is 9.29 Å². The minimum Gasteiger partial charge on any atom is -0.325 e. The van der Waals surface area contributed by atoms with E-state index in [2.05, 4.69) is 10.3 Å². The fourth-order valence-corrected chi connectivity index (χ4v) is 2.68. The Morgan fingerprint density at radius 2 is 1.87 bits per heavy atom. The lowest BCUT2D eigenvalue weighted by Gasteiger charge is -2.19. The van der Waals surface area contributed by atoms with Crippen LogP contribution in [0.5, 0.6) is 0 Å². The maximum Gasteiger partial charge on any atom is 0.239 e. The van der Waals surface area contributed by atoms with Gasteiger partial charge in [0.05, 0.1) is 25.0 Å². The molecule has 122 valence electrons. The Labute approximate surface area is 136 Å². The molecule has 1 aromatic carbocycles. The summed E-state index contributed by atoms with van der Waals surface area (Å²) in [5, 5.41) is 2.69. The summed E-state index contributed by atoms with van der Waals surface area (Å²) < 4.78 is 24.9. The topological polar surface area (TPSA) is 79.4 Å². The third-order valence-corrected chi connectivity index (χ3v) is 4.39. The van der Waals surface area contributed by atoms with Gasteiger partial charge in [-0.1, -0.05) is 23.8 Å². The summed E-state index contributed by atoms with van der Waals surface area (Å²) >= 11 is 0. The maximum atomic E-state index is 12.1. The van der Waals surface area contributed by atoms with E-state index in [4.69, 9.17) is 0 Å². The number of amides is 1. The highest BCUT2D eigenvalue weighted by Gasteiger charge is 2.21. The van der Waals surface area contributed by atoms with Crippen LogP contribution in [0.15, 0.2) is 48.7 Å². The molecule has 0 atom stereocenters. The average Bonchev–Trinajstić information content (AvgIpc) is 2.49. The molecule has 0 aliphatic heterocycles. The molecule has 1 amide bonds. The van der Waals surface area contributed by atoms with Crippen molar-refractivity contribution in [2.24, 2.45) is 0 Å². The van der Waals surface area contributed by atoms with Crippen LogP contribution < -0.4 is 5.32 Å². The lowest BCUT2D eigenvalue weighted by molar-refractivity contribution is -0.116. The second kappa shape index (κ2) is 7.34. The summed E-state index contributed by atoms with van der Waals surface area (Å²) in [6.45, 7) is 1.74. The van der Waals surface area contributed by atoms with Crippen molar-refractivity contribution < 1.29 is 13.2 Å². The van der Waals surface area contributed by atoms with Gasteiger partial charge in [0.15, 0.2) is 0 Å². The number of hydrogen-bond donors (Lipinski definition) is 1. The van der Waals surface area contributed by atoms with Gasteiger partial charge < -0.3 is 5.32 Å². The monoisotopic (exact) mass is 333 g/mol. The fourth-order valence-electron chi connectivity index (χ4n) is 1.96. The molecule has 1 heterocycles. The van der Waals surface area contributed by atoms with Crippen molar-refractivity contribution in [3.05, 3.63) is 59.9 Å². The highest BCUT2D eigenvalue weighted by atomic mass is 32.2. The number of carbonyl (C=O) groups excluding carboxylic acids is 1. The predicted molar refractivity (Wildman–Crippen MR) is 89.3 cm³/mol. The van der Waals surface area contributed by atoms with Crippen LogP contribution in [-0.4, -0.2) is 36.4 Å². The van der Waals surface area contributed by atoms with Crippen LogP contribution in [0, 0.1) is 6.92 Å². The van der Waals surface area contributed by atoms with E-state index in [1.807, 2.05) is 19.1 Å². The molecule has 23 heavy (non-hydrogen) atoms. The largest absolute Gasteiger partial charge is 0.325 e. The van der Waals surface area contributed by atoms with Crippen LogP contribution in [0.1, 0.15) is 11.3 Å². The van der Waals surface area contributed by atoms with Gasteiger partial charge in [0.1, 0.15) is 0 Å². The van der Waals surface area contributed by atoms with E-state index in [0.717, 1.165) is 16.1 Å². The molecule has 0 fully saturated rings. The first-order chi connectivity index (χ1) is 10.8. The molecule has 0 radical (unpaired) electrons. The van der Waals surface area contributed by atoms with Gasteiger partial charge in [-0.3, -0.25) is 9.78 Å². The fraction of sp³-hybridized carbons (Fsp3) is 0.250. The maximum absolute atomic E-state index is 12.1. The number of carbonyl (C=O) groups is 1. The van der Waals surface area contributed by atoms with Crippen LogP contribution in [0.2, 0.25) is 0 Å². The quantitative estimate of drug-likeness (QED) is 0.874. The summed E-state index contributed by atoms with van der Waals surface area (Å²) in [6, 6.07) is 12.5. The van der Waals surface area contributed by atoms with Crippen LogP contribution in [0.4, 0.5) is 5.69 Å². The molecule has 0 unspecified atom stereocenters.